The Morgan fingerprint density at radius 1 is 1.43 bits per heavy atom. The second-order valence-corrected chi connectivity index (χ2v) is 5.76. The van der Waals surface area contributed by atoms with Crippen LogP contribution in [0.5, 0.6) is 0 Å². The van der Waals surface area contributed by atoms with Crippen LogP contribution >= 0.6 is 0 Å². The van der Waals surface area contributed by atoms with Gasteiger partial charge >= 0.3 is 0 Å². The van der Waals surface area contributed by atoms with Gasteiger partial charge in [-0.25, -0.2) is 9.97 Å². The van der Waals surface area contributed by atoms with Crippen molar-refractivity contribution in [2.75, 3.05) is 25.0 Å². The number of aromatic nitrogens is 2. The van der Waals surface area contributed by atoms with Crippen molar-refractivity contribution in [3.8, 4) is 0 Å². The highest BCUT2D eigenvalue weighted by Crippen LogP contribution is 2.17. The number of piperidine rings is 1. The van der Waals surface area contributed by atoms with Crippen LogP contribution in [0.4, 0.5) is 5.95 Å². The lowest BCUT2D eigenvalue weighted by atomic mass is 9.98. The molecule has 0 radical (unpaired) electrons. The molecule has 1 saturated heterocycles. The topological polar surface area (TPSA) is 84.1 Å². The molecule has 0 spiro atoms. The fraction of sp³-hybridized carbons (Fsp3) is 0.667. The first-order valence-corrected chi connectivity index (χ1v) is 7.72. The number of nitrogens with one attached hydrogen (secondary N) is 1. The van der Waals surface area contributed by atoms with Crippen LogP contribution in [-0.4, -0.2) is 46.5 Å². The Kier molecular flexibility index (Phi) is 5.92. The highest BCUT2D eigenvalue weighted by atomic mass is 16.2. The Balaban J connectivity index is 1.64. The normalized spacial score (nSPS) is 17.5. The summed E-state index contributed by atoms with van der Waals surface area (Å²) in [6.07, 6.45) is 7.08. The molecule has 1 atom stereocenters. The van der Waals surface area contributed by atoms with Gasteiger partial charge in [-0.1, -0.05) is 6.92 Å². The van der Waals surface area contributed by atoms with Crippen LogP contribution in [0.1, 0.15) is 32.6 Å². The molecule has 21 heavy (non-hydrogen) atoms. The van der Waals surface area contributed by atoms with Crippen molar-refractivity contribution in [1.82, 2.24) is 14.9 Å². The van der Waals surface area contributed by atoms with Crippen molar-refractivity contribution in [3.05, 3.63) is 18.5 Å². The summed E-state index contributed by atoms with van der Waals surface area (Å²) >= 11 is 0. The van der Waals surface area contributed by atoms with Gasteiger partial charge in [-0.2, -0.15) is 0 Å². The fourth-order valence-corrected chi connectivity index (χ4v) is 2.50. The highest BCUT2D eigenvalue weighted by molar-refractivity contribution is 5.81. The average Bonchev–Trinajstić information content (AvgIpc) is 2.52. The lowest BCUT2D eigenvalue weighted by molar-refractivity contribution is -0.134. The van der Waals surface area contributed by atoms with E-state index < -0.39 is 6.04 Å². The molecular weight excluding hydrogens is 266 g/mol. The van der Waals surface area contributed by atoms with E-state index in [2.05, 4.69) is 22.2 Å². The molecule has 6 heteroatoms. The number of nitrogens with two attached hydrogens (primary N) is 1. The molecule has 1 aliphatic heterocycles. The van der Waals surface area contributed by atoms with Gasteiger partial charge in [0.1, 0.15) is 0 Å². The fourth-order valence-electron chi connectivity index (χ4n) is 2.50. The minimum absolute atomic E-state index is 0.0952. The van der Waals surface area contributed by atoms with Crippen LogP contribution < -0.4 is 11.1 Å². The molecule has 2 heterocycles. The number of carbonyl (C=O) groups excluding carboxylic acids is 1. The van der Waals surface area contributed by atoms with Gasteiger partial charge in [0.15, 0.2) is 0 Å². The Morgan fingerprint density at radius 3 is 2.76 bits per heavy atom. The van der Waals surface area contributed by atoms with Crippen LogP contribution in [0, 0.1) is 5.92 Å². The molecule has 0 aliphatic carbocycles. The van der Waals surface area contributed by atoms with Crippen molar-refractivity contribution >= 4 is 11.9 Å². The van der Waals surface area contributed by atoms with E-state index in [9.17, 15) is 4.79 Å². The molecule has 0 aromatic carbocycles. The average molecular weight is 291 g/mol. The molecule has 1 aliphatic rings. The number of likely N-dealkylation sites (tertiary alicyclic amines) is 1. The van der Waals surface area contributed by atoms with Crippen LogP contribution in [0.25, 0.3) is 0 Å². The lowest BCUT2D eigenvalue weighted by Crippen LogP contribution is -2.47. The molecule has 1 fully saturated rings. The van der Waals surface area contributed by atoms with Crippen molar-refractivity contribution in [3.63, 3.8) is 0 Å². The maximum atomic E-state index is 12.2. The summed E-state index contributed by atoms with van der Waals surface area (Å²) in [5.41, 5.74) is 6.01. The molecule has 2 rings (SSSR count). The minimum atomic E-state index is -0.392. The maximum absolute atomic E-state index is 12.2. The number of hydrogen-bond acceptors (Lipinski definition) is 5. The third-order valence-corrected chi connectivity index (χ3v) is 3.95. The molecule has 0 saturated carbocycles. The summed E-state index contributed by atoms with van der Waals surface area (Å²) in [7, 11) is 0. The minimum Gasteiger partial charge on any atom is -0.354 e. The Morgan fingerprint density at radius 2 is 2.10 bits per heavy atom. The van der Waals surface area contributed by atoms with Crippen molar-refractivity contribution in [2.45, 2.75) is 38.6 Å². The van der Waals surface area contributed by atoms with Gasteiger partial charge in [0, 0.05) is 32.0 Å². The standard InChI is InChI=1S/C15H25N5O/c1-12-5-10-20(11-6-12)14(21)13(16)4-2-7-17-15-18-8-3-9-19-15/h3,8-9,12-13H,2,4-7,10-11,16H2,1H3,(H,17,18,19)/t13-/m0/s1. The van der Waals surface area contributed by atoms with E-state index in [1.54, 1.807) is 18.5 Å². The summed E-state index contributed by atoms with van der Waals surface area (Å²) in [5, 5.41) is 3.12. The summed E-state index contributed by atoms with van der Waals surface area (Å²) in [5.74, 6) is 1.43. The lowest BCUT2D eigenvalue weighted by Gasteiger charge is -2.32. The first-order chi connectivity index (χ1) is 10.2. The van der Waals surface area contributed by atoms with E-state index in [4.69, 9.17) is 5.73 Å². The van der Waals surface area contributed by atoms with E-state index in [1.807, 2.05) is 4.90 Å². The summed E-state index contributed by atoms with van der Waals surface area (Å²) in [6.45, 7) is 4.66. The van der Waals surface area contributed by atoms with Crippen molar-refractivity contribution < 1.29 is 4.79 Å². The molecule has 6 nitrogen and oxygen atoms in total. The highest BCUT2D eigenvalue weighted by Gasteiger charge is 2.24. The smallest absolute Gasteiger partial charge is 0.239 e. The zero-order valence-electron chi connectivity index (χ0n) is 12.7. The molecular formula is C15H25N5O. The van der Waals surface area contributed by atoms with Crippen LogP contribution in [0.3, 0.4) is 0 Å². The Labute approximate surface area is 126 Å². The molecule has 0 unspecified atom stereocenters. The monoisotopic (exact) mass is 291 g/mol. The Hall–Kier alpha value is -1.69. The van der Waals surface area contributed by atoms with Gasteiger partial charge in [0.25, 0.3) is 0 Å². The number of rotatable bonds is 6. The predicted octanol–water partition coefficient (Wildman–Crippen LogP) is 1.25. The van der Waals surface area contributed by atoms with Crippen LogP contribution in [-0.2, 0) is 4.79 Å². The van der Waals surface area contributed by atoms with Gasteiger partial charge in [0.2, 0.25) is 11.9 Å². The van der Waals surface area contributed by atoms with Crippen LogP contribution in [0.15, 0.2) is 18.5 Å². The third-order valence-electron chi connectivity index (χ3n) is 3.95. The van der Waals surface area contributed by atoms with Gasteiger partial charge in [-0.05, 0) is 37.7 Å². The number of nitrogens with zero attached hydrogens (tertiary/aromatic N) is 3. The van der Waals surface area contributed by atoms with E-state index in [0.717, 1.165) is 44.8 Å². The van der Waals surface area contributed by atoms with Crippen LogP contribution in [0.2, 0.25) is 0 Å². The molecule has 1 aromatic rings. The molecule has 116 valence electrons. The summed E-state index contributed by atoms with van der Waals surface area (Å²) in [6, 6.07) is 1.39. The number of anilines is 1. The number of hydrogen-bond donors (Lipinski definition) is 2. The zero-order valence-corrected chi connectivity index (χ0v) is 12.7. The predicted molar refractivity (Wildman–Crippen MR) is 82.7 cm³/mol. The van der Waals surface area contributed by atoms with Crippen molar-refractivity contribution in [1.29, 1.82) is 0 Å². The SMILES string of the molecule is CC1CCN(C(=O)[C@@H](N)CCCNc2ncccn2)CC1. The van der Waals surface area contributed by atoms with Gasteiger partial charge in [-0.15, -0.1) is 0 Å². The molecule has 0 bridgehead atoms. The second-order valence-electron chi connectivity index (χ2n) is 5.76. The number of amides is 1. The van der Waals surface area contributed by atoms with Gasteiger partial charge < -0.3 is 16.0 Å². The van der Waals surface area contributed by atoms with E-state index in [0.29, 0.717) is 12.4 Å². The maximum Gasteiger partial charge on any atom is 0.239 e. The zero-order chi connectivity index (χ0) is 15.1. The Bertz CT molecular complexity index is 431. The number of carbonyl (C=O) groups is 1. The third kappa shape index (κ3) is 4.97. The summed E-state index contributed by atoms with van der Waals surface area (Å²) < 4.78 is 0. The second kappa shape index (κ2) is 7.93. The summed E-state index contributed by atoms with van der Waals surface area (Å²) in [4.78, 5) is 22.3. The molecule has 3 N–H and O–H groups in total. The first-order valence-electron chi connectivity index (χ1n) is 7.72. The van der Waals surface area contributed by atoms with E-state index in [1.165, 1.54) is 0 Å². The molecule has 1 aromatic heterocycles. The first kappa shape index (κ1) is 15.7. The molecule has 1 amide bonds. The van der Waals surface area contributed by atoms with Gasteiger partial charge in [-0.3, -0.25) is 4.79 Å². The largest absolute Gasteiger partial charge is 0.354 e. The quantitative estimate of drug-likeness (QED) is 0.771. The van der Waals surface area contributed by atoms with Gasteiger partial charge in [0.05, 0.1) is 6.04 Å². The van der Waals surface area contributed by atoms with E-state index in [-0.39, 0.29) is 5.91 Å². The van der Waals surface area contributed by atoms with E-state index >= 15 is 0 Å². The van der Waals surface area contributed by atoms with Crippen molar-refractivity contribution in [2.24, 2.45) is 11.7 Å².